The van der Waals surface area contributed by atoms with E-state index in [1.54, 1.807) is 36.4 Å². The van der Waals surface area contributed by atoms with Crippen LogP contribution in [0.5, 0.6) is 5.75 Å². The van der Waals surface area contributed by atoms with Crippen LogP contribution in [0, 0.1) is 5.82 Å². The Balaban J connectivity index is 1.80. The molecule has 4 rings (SSSR count). The van der Waals surface area contributed by atoms with Crippen molar-refractivity contribution in [3.63, 3.8) is 0 Å². The fraction of sp³-hybridized carbons (Fsp3) is 0.257. The lowest BCUT2D eigenvalue weighted by Crippen LogP contribution is -2.54. The van der Waals surface area contributed by atoms with E-state index in [4.69, 9.17) is 16.3 Å². The van der Waals surface area contributed by atoms with E-state index in [0.717, 1.165) is 34.1 Å². The van der Waals surface area contributed by atoms with Gasteiger partial charge in [0.2, 0.25) is 11.8 Å². The second-order valence-electron chi connectivity index (χ2n) is 10.9. The molecule has 0 aliphatic rings. The zero-order chi connectivity index (χ0) is 33.3. The third kappa shape index (κ3) is 9.08. The van der Waals surface area contributed by atoms with Crippen LogP contribution >= 0.6 is 11.6 Å². The number of carbonyl (C=O) groups excluding carboxylic acids is 2. The first-order valence-corrected chi connectivity index (χ1v) is 16.7. The Kier molecular flexibility index (Phi) is 11.8. The number of carbonyl (C=O) groups is 2. The lowest BCUT2D eigenvalue weighted by Gasteiger charge is -2.34. The van der Waals surface area contributed by atoms with Gasteiger partial charge in [0, 0.05) is 24.0 Å². The minimum atomic E-state index is -4.37. The fourth-order valence-electron chi connectivity index (χ4n) is 4.90. The van der Waals surface area contributed by atoms with Crippen LogP contribution in [-0.4, -0.2) is 50.4 Å². The van der Waals surface area contributed by atoms with E-state index >= 15 is 0 Å². The molecule has 4 aromatic carbocycles. The number of halogens is 2. The van der Waals surface area contributed by atoms with E-state index < -0.39 is 34.3 Å². The van der Waals surface area contributed by atoms with Crippen molar-refractivity contribution < 1.29 is 27.1 Å². The Morgan fingerprint density at radius 1 is 0.891 bits per heavy atom. The number of hydrogen-bond acceptors (Lipinski definition) is 5. The van der Waals surface area contributed by atoms with Gasteiger partial charge >= 0.3 is 0 Å². The minimum absolute atomic E-state index is 0.0177. The average molecular weight is 666 g/mol. The molecule has 1 atom stereocenters. The van der Waals surface area contributed by atoms with Gasteiger partial charge in [-0.25, -0.2) is 12.8 Å². The highest BCUT2D eigenvalue weighted by molar-refractivity contribution is 7.92. The standard InChI is InChI=1S/C35H37ClFN3O5S/c1-4-45-31-17-15-30(16-18-31)40(46(43,44)32-19-13-29(37)14-20-32)24-34(41)39(23-27-11-8-12-28(36)21-27)33(35(42)38-25(2)3)22-26-9-6-5-7-10-26/h5-21,25,33H,4,22-24H2,1-3H3,(H,38,42)/t33-/m1/s1. The van der Waals surface area contributed by atoms with Crippen LogP contribution < -0.4 is 14.4 Å². The van der Waals surface area contributed by atoms with Gasteiger partial charge in [0.25, 0.3) is 10.0 Å². The quantitative estimate of drug-likeness (QED) is 0.172. The van der Waals surface area contributed by atoms with E-state index in [9.17, 15) is 22.4 Å². The predicted molar refractivity (Wildman–Crippen MR) is 178 cm³/mol. The number of sulfonamides is 1. The first kappa shape index (κ1) is 34.5. The second-order valence-corrected chi connectivity index (χ2v) is 13.2. The van der Waals surface area contributed by atoms with Gasteiger partial charge < -0.3 is 15.0 Å². The normalized spacial score (nSPS) is 12.0. The highest BCUT2D eigenvalue weighted by Gasteiger charge is 2.35. The van der Waals surface area contributed by atoms with Crippen LogP contribution in [0.1, 0.15) is 31.9 Å². The molecular weight excluding hydrogens is 629 g/mol. The minimum Gasteiger partial charge on any atom is -0.494 e. The highest BCUT2D eigenvalue weighted by Crippen LogP contribution is 2.27. The van der Waals surface area contributed by atoms with Crippen LogP contribution in [-0.2, 0) is 32.6 Å². The Morgan fingerprint density at radius 3 is 2.15 bits per heavy atom. The molecule has 0 saturated carbocycles. The van der Waals surface area contributed by atoms with Crippen molar-refractivity contribution >= 4 is 39.1 Å². The molecular formula is C35H37ClFN3O5S. The molecule has 242 valence electrons. The maximum absolute atomic E-state index is 14.5. The second kappa shape index (κ2) is 15.7. The Morgan fingerprint density at radius 2 is 1.54 bits per heavy atom. The van der Waals surface area contributed by atoms with Gasteiger partial charge in [-0.2, -0.15) is 0 Å². The molecule has 46 heavy (non-hydrogen) atoms. The number of benzene rings is 4. The van der Waals surface area contributed by atoms with Gasteiger partial charge in [0.1, 0.15) is 24.2 Å². The number of anilines is 1. The summed E-state index contributed by atoms with van der Waals surface area (Å²) in [6, 6.07) is 25.7. The summed E-state index contributed by atoms with van der Waals surface area (Å²) in [7, 11) is -4.37. The molecule has 0 bridgehead atoms. The van der Waals surface area contributed by atoms with Crippen molar-refractivity contribution in [2.75, 3.05) is 17.5 Å². The number of nitrogens with zero attached hydrogens (tertiary/aromatic N) is 2. The van der Waals surface area contributed by atoms with Gasteiger partial charge in [-0.3, -0.25) is 13.9 Å². The molecule has 0 aromatic heterocycles. The predicted octanol–water partition coefficient (Wildman–Crippen LogP) is 6.24. The third-order valence-electron chi connectivity index (χ3n) is 7.06. The van der Waals surface area contributed by atoms with E-state index in [0.29, 0.717) is 22.9 Å². The summed E-state index contributed by atoms with van der Waals surface area (Å²) in [5, 5.41) is 3.37. The topological polar surface area (TPSA) is 96.0 Å². The molecule has 0 aliphatic heterocycles. The van der Waals surface area contributed by atoms with Crippen molar-refractivity contribution in [1.82, 2.24) is 10.2 Å². The van der Waals surface area contributed by atoms with Crippen LogP contribution in [0.2, 0.25) is 5.02 Å². The molecule has 11 heteroatoms. The number of nitrogens with one attached hydrogen (secondary N) is 1. The first-order chi connectivity index (χ1) is 22.0. The van der Waals surface area contributed by atoms with Crippen LogP contribution in [0.3, 0.4) is 0 Å². The number of ether oxygens (including phenoxy) is 1. The number of rotatable bonds is 14. The maximum atomic E-state index is 14.5. The largest absolute Gasteiger partial charge is 0.494 e. The summed E-state index contributed by atoms with van der Waals surface area (Å²) >= 11 is 6.28. The zero-order valence-electron chi connectivity index (χ0n) is 25.9. The Hall–Kier alpha value is -4.41. The molecule has 8 nitrogen and oxygen atoms in total. The summed E-state index contributed by atoms with van der Waals surface area (Å²) in [5.41, 5.74) is 1.66. The maximum Gasteiger partial charge on any atom is 0.264 e. The molecule has 1 N–H and O–H groups in total. The van der Waals surface area contributed by atoms with E-state index in [2.05, 4.69) is 5.32 Å². The molecule has 0 fully saturated rings. The van der Waals surface area contributed by atoms with E-state index in [-0.39, 0.29) is 35.5 Å². The van der Waals surface area contributed by atoms with Crippen LogP contribution in [0.25, 0.3) is 0 Å². The van der Waals surface area contributed by atoms with Crippen molar-refractivity contribution in [3.8, 4) is 5.75 Å². The van der Waals surface area contributed by atoms with Crippen molar-refractivity contribution in [3.05, 3.63) is 125 Å². The number of hydrogen-bond donors (Lipinski definition) is 1. The van der Waals surface area contributed by atoms with Gasteiger partial charge in [-0.05, 0) is 92.6 Å². The average Bonchev–Trinajstić information content (AvgIpc) is 3.02. The molecule has 0 aliphatic carbocycles. The van der Waals surface area contributed by atoms with Crippen molar-refractivity contribution in [1.29, 1.82) is 0 Å². The molecule has 0 radical (unpaired) electrons. The first-order valence-electron chi connectivity index (χ1n) is 14.9. The number of amides is 2. The van der Waals surface area contributed by atoms with Gasteiger partial charge in [0.05, 0.1) is 17.2 Å². The highest BCUT2D eigenvalue weighted by atomic mass is 35.5. The Bertz CT molecular complexity index is 1720. The fourth-order valence-corrected chi connectivity index (χ4v) is 6.53. The van der Waals surface area contributed by atoms with E-state index in [1.807, 2.05) is 51.1 Å². The third-order valence-corrected chi connectivity index (χ3v) is 9.08. The molecule has 0 saturated heterocycles. The summed E-state index contributed by atoms with van der Waals surface area (Å²) in [4.78, 5) is 29.4. The molecule has 0 unspecified atom stereocenters. The molecule has 4 aromatic rings. The molecule has 2 amide bonds. The smallest absolute Gasteiger partial charge is 0.264 e. The van der Waals surface area contributed by atoms with Crippen LogP contribution in [0.4, 0.5) is 10.1 Å². The lowest BCUT2D eigenvalue weighted by molar-refractivity contribution is -0.140. The van der Waals surface area contributed by atoms with E-state index in [1.165, 1.54) is 17.0 Å². The lowest BCUT2D eigenvalue weighted by atomic mass is 10.0. The van der Waals surface area contributed by atoms with Crippen LogP contribution in [0.15, 0.2) is 108 Å². The van der Waals surface area contributed by atoms with Crippen molar-refractivity contribution in [2.45, 2.75) is 50.7 Å². The zero-order valence-corrected chi connectivity index (χ0v) is 27.5. The Labute approximate surface area is 274 Å². The summed E-state index contributed by atoms with van der Waals surface area (Å²) < 4.78 is 48.4. The summed E-state index contributed by atoms with van der Waals surface area (Å²) in [6.45, 7) is 5.22. The van der Waals surface area contributed by atoms with Gasteiger partial charge in [-0.15, -0.1) is 0 Å². The molecule has 0 heterocycles. The SMILES string of the molecule is CCOc1ccc(N(CC(=O)N(Cc2cccc(Cl)c2)[C@H](Cc2ccccc2)C(=O)NC(C)C)S(=O)(=O)c2ccc(F)cc2)cc1. The van der Waals surface area contributed by atoms with Crippen molar-refractivity contribution in [2.24, 2.45) is 0 Å². The summed E-state index contributed by atoms with van der Waals surface area (Å²) in [6.07, 6.45) is 0.180. The van der Waals surface area contributed by atoms with Gasteiger partial charge in [0.15, 0.2) is 0 Å². The van der Waals surface area contributed by atoms with Gasteiger partial charge in [-0.1, -0.05) is 54.1 Å². The monoisotopic (exact) mass is 665 g/mol. The summed E-state index contributed by atoms with van der Waals surface area (Å²) in [5.74, 6) is -1.09. The molecule has 0 spiro atoms.